The van der Waals surface area contributed by atoms with Crippen LogP contribution in [0.15, 0.2) is 35.2 Å². The number of aryl methyl sites for hydroxylation is 5. The van der Waals surface area contributed by atoms with Gasteiger partial charge in [0.15, 0.2) is 0 Å². The molecule has 154 valence electrons. The molecule has 0 spiro atoms. The molecule has 0 amide bonds. The zero-order valence-electron chi connectivity index (χ0n) is 16.5. The molecule has 2 rings (SSSR count). The summed E-state index contributed by atoms with van der Waals surface area (Å²) in [5, 5.41) is 2.70. The second-order valence-corrected chi connectivity index (χ2v) is 8.85. The largest absolute Gasteiger partial charge is 0.406 e. The third kappa shape index (κ3) is 5.48. The van der Waals surface area contributed by atoms with E-state index in [1.807, 2.05) is 24.6 Å². The lowest BCUT2D eigenvalue weighted by Gasteiger charge is -2.24. The highest BCUT2D eigenvalue weighted by Gasteiger charge is 2.42. The molecule has 0 heterocycles. The van der Waals surface area contributed by atoms with Gasteiger partial charge in [-0.3, -0.25) is 0 Å². The Morgan fingerprint density at radius 2 is 1.32 bits per heavy atom. The Morgan fingerprint density at radius 1 is 0.857 bits per heavy atom. The first-order chi connectivity index (χ1) is 12.8. The molecule has 1 atom stereocenters. The van der Waals surface area contributed by atoms with Crippen molar-refractivity contribution in [2.24, 2.45) is 0 Å². The minimum atomic E-state index is -4.74. The maximum atomic E-state index is 13.5. The average molecular weight is 414 g/mol. The van der Waals surface area contributed by atoms with E-state index in [9.17, 15) is 21.6 Å². The smallest absolute Gasteiger partial charge is 0.383 e. The maximum absolute atomic E-state index is 13.5. The summed E-state index contributed by atoms with van der Waals surface area (Å²) in [6, 6.07) is 6.33. The van der Waals surface area contributed by atoms with Gasteiger partial charge in [0.2, 0.25) is 10.0 Å². The van der Waals surface area contributed by atoms with Crippen molar-refractivity contribution in [2.75, 3.05) is 11.9 Å². The lowest BCUT2D eigenvalue weighted by Crippen LogP contribution is -2.49. The van der Waals surface area contributed by atoms with Crippen molar-refractivity contribution < 1.29 is 21.6 Å². The van der Waals surface area contributed by atoms with E-state index < -0.39 is 28.8 Å². The number of benzene rings is 2. The van der Waals surface area contributed by atoms with E-state index in [1.165, 1.54) is 0 Å². The standard InChI is InChI=1S/C20H25F3N2O2S/c1-12-6-13(2)10-17(9-12)24-11-18(20(21,22)23)25-28(26,27)19-15(4)7-14(3)8-16(19)5/h6-10,18,24-25H,11H2,1-5H3. The number of hydrogen-bond acceptors (Lipinski definition) is 3. The van der Waals surface area contributed by atoms with Crippen LogP contribution in [0.1, 0.15) is 27.8 Å². The van der Waals surface area contributed by atoms with E-state index in [4.69, 9.17) is 0 Å². The summed E-state index contributed by atoms with van der Waals surface area (Å²) >= 11 is 0. The second kappa shape index (κ2) is 8.13. The van der Waals surface area contributed by atoms with E-state index in [0.29, 0.717) is 16.8 Å². The van der Waals surface area contributed by atoms with E-state index in [-0.39, 0.29) is 4.90 Å². The van der Waals surface area contributed by atoms with E-state index >= 15 is 0 Å². The van der Waals surface area contributed by atoms with Crippen LogP contribution in [0.25, 0.3) is 0 Å². The zero-order chi connectivity index (χ0) is 21.3. The Hall–Kier alpha value is -2.06. The summed E-state index contributed by atoms with van der Waals surface area (Å²) < 4.78 is 67.9. The summed E-state index contributed by atoms with van der Waals surface area (Å²) in [6.45, 7) is 8.01. The van der Waals surface area contributed by atoms with E-state index in [0.717, 1.165) is 16.7 Å². The first-order valence-corrected chi connectivity index (χ1v) is 10.3. The average Bonchev–Trinajstić information content (AvgIpc) is 2.47. The SMILES string of the molecule is Cc1cc(C)cc(NCC(NS(=O)(=O)c2c(C)cc(C)cc2C)C(F)(F)F)c1. The molecule has 1 unspecified atom stereocenters. The van der Waals surface area contributed by atoms with Crippen LogP contribution in [-0.4, -0.2) is 27.2 Å². The molecule has 2 aromatic carbocycles. The molecule has 4 nitrogen and oxygen atoms in total. The van der Waals surface area contributed by atoms with Crippen molar-refractivity contribution in [2.45, 2.75) is 51.7 Å². The molecule has 0 aliphatic heterocycles. The molecule has 0 aliphatic carbocycles. The van der Waals surface area contributed by atoms with Gasteiger partial charge in [-0.25, -0.2) is 8.42 Å². The number of rotatable bonds is 6. The van der Waals surface area contributed by atoms with Gasteiger partial charge in [0.25, 0.3) is 0 Å². The van der Waals surface area contributed by atoms with Gasteiger partial charge in [-0.15, -0.1) is 0 Å². The Balaban J connectivity index is 2.29. The van der Waals surface area contributed by atoms with Crippen molar-refractivity contribution >= 4 is 15.7 Å². The van der Waals surface area contributed by atoms with Gasteiger partial charge in [0, 0.05) is 12.2 Å². The molecule has 8 heteroatoms. The Bertz CT molecular complexity index is 927. The van der Waals surface area contributed by atoms with Crippen LogP contribution in [-0.2, 0) is 10.0 Å². The maximum Gasteiger partial charge on any atom is 0.406 e. The fraction of sp³-hybridized carbons (Fsp3) is 0.400. The zero-order valence-corrected chi connectivity index (χ0v) is 17.3. The predicted octanol–water partition coefficient (Wildman–Crippen LogP) is 4.55. The van der Waals surface area contributed by atoms with Crippen LogP contribution in [0, 0.1) is 34.6 Å². The normalized spacial score (nSPS) is 13.4. The molecule has 0 saturated carbocycles. The van der Waals surface area contributed by atoms with Crippen molar-refractivity contribution in [3.63, 3.8) is 0 Å². The lowest BCUT2D eigenvalue weighted by molar-refractivity contribution is -0.148. The van der Waals surface area contributed by atoms with Gasteiger partial charge in [-0.2, -0.15) is 17.9 Å². The number of hydrogen-bond donors (Lipinski definition) is 2. The summed E-state index contributed by atoms with van der Waals surface area (Å²) in [6.07, 6.45) is -4.74. The fourth-order valence-electron chi connectivity index (χ4n) is 3.36. The van der Waals surface area contributed by atoms with Crippen LogP contribution in [0.3, 0.4) is 0 Å². The minimum Gasteiger partial charge on any atom is -0.383 e. The van der Waals surface area contributed by atoms with Crippen LogP contribution in [0.2, 0.25) is 0 Å². The first kappa shape index (κ1) is 22.2. The molecule has 28 heavy (non-hydrogen) atoms. The molecular formula is C20H25F3N2O2S. The molecule has 0 fully saturated rings. The Labute approximate surface area is 164 Å². The van der Waals surface area contributed by atoms with Crippen molar-refractivity contribution in [1.82, 2.24) is 4.72 Å². The van der Waals surface area contributed by atoms with Crippen LogP contribution < -0.4 is 10.0 Å². The third-order valence-corrected chi connectivity index (χ3v) is 6.07. The van der Waals surface area contributed by atoms with Crippen LogP contribution in [0.5, 0.6) is 0 Å². The Morgan fingerprint density at radius 3 is 1.79 bits per heavy atom. The number of sulfonamides is 1. The van der Waals surface area contributed by atoms with Crippen LogP contribution >= 0.6 is 0 Å². The highest BCUT2D eigenvalue weighted by molar-refractivity contribution is 7.89. The highest BCUT2D eigenvalue weighted by atomic mass is 32.2. The number of halogens is 3. The predicted molar refractivity (Wildman–Crippen MR) is 105 cm³/mol. The summed E-state index contributed by atoms with van der Waals surface area (Å²) in [4.78, 5) is -0.112. The minimum absolute atomic E-state index is 0.112. The quantitative estimate of drug-likeness (QED) is 0.729. The molecule has 2 N–H and O–H groups in total. The molecule has 0 radical (unpaired) electrons. The van der Waals surface area contributed by atoms with Gasteiger partial charge in [0.1, 0.15) is 6.04 Å². The summed E-state index contributed by atoms with van der Waals surface area (Å²) in [5.74, 6) is 0. The number of anilines is 1. The van der Waals surface area contributed by atoms with Crippen molar-refractivity contribution in [3.8, 4) is 0 Å². The fourth-order valence-corrected chi connectivity index (χ4v) is 5.03. The summed E-state index contributed by atoms with van der Waals surface area (Å²) in [5.41, 5.74) is 3.97. The van der Waals surface area contributed by atoms with Gasteiger partial charge in [-0.05, 0) is 69.0 Å². The van der Waals surface area contributed by atoms with Gasteiger partial charge in [-0.1, -0.05) is 23.8 Å². The molecule has 2 aromatic rings. The molecule has 0 bridgehead atoms. The van der Waals surface area contributed by atoms with Crippen LogP contribution in [0.4, 0.5) is 18.9 Å². The van der Waals surface area contributed by atoms with E-state index in [1.54, 1.807) is 45.0 Å². The first-order valence-electron chi connectivity index (χ1n) is 8.78. The monoisotopic (exact) mass is 414 g/mol. The topological polar surface area (TPSA) is 58.2 Å². The van der Waals surface area contributed by atoms with Gasteiger partial charge < -0.3 is 5.32 Å². The van der Waals surface area contributed by atoms with Gasteiger partial charge >= 0.3 is 6.18 Å². The Kier molecular flexibility index (Phi) is 6.45. The summed E-state index contributed by atoms with van der Waals surface area (Å²) in [7, 11) is -4.35. The van der Waals surface area contributed by atoms with E-state index in [2.05, 4.69) is 5.32 Å². The van der Waals surface area contributed by atoms with Crippen molar-refractivity contribution in [1.29, 1.82) is 0 Å². The molecule has 0 saturated heterocycles. The highest BCUT2D eigenvalue weighted by Crippen LogP contribution is 2.26. The second-order valence-electron chi connectivity index (χ2n) is 7.20. The number of nitrogens with one attached hydrogen (secondary N) is 2. The molecule has 0 aliphatic rings. The van der Waals surface area contributed by atoms with Crippen molar-refractivity contribution in [3.05, 3.63) is 58.1 Å². The number of alkyl halides is 3. The third-order valence-electron chi connectivity index (χ3n) is 4.30. The molecule has 0 aromatic heterocycles. The molecular weight excluding hydrogens is 389 g/mol. The van der Waals surface area contributed by atoms with Gasteiger partial charge in [0.05, 0.1) is 4.90 Å². The lowest BCUT2D eigenvalue weighted by atomic mass is 10.1.